The van der Waals surface area contributed by atoms with Crippen molar-refractivity contribution in [3.8, 4) is 81.5 Å². The molecule has 8 aromatic carbocycles. The molecule has 0 saturated heterocycles. The lowest BCUT2D eigenvalue weighted by molar-refractivity contribution is 0.0801. The lowest BCUT2D eigenvalue weighted by Crippen LogP contribution is -2.29. The normalized spacial score (nSPS) is 17.1. The summed E-state index contributed by atoms with van der Waals surface area (Å²) >= 11 is 0. The Balaban J connectivity index is 1.31. The van der Waals surface area contributed by atoms with Crippen LogP contribution in [0.4, 0.5) is 0 Å². The third kappa shape index (κ3) is 8.45. The van der Waals surface area contributed by atoms with Gasteiger partial charge in [-0.25, -0.2) is 0 Å². The number of benzene rings is 8. The number of hydrogen-bond acceptors (Lipinski definition) is 2. The second-order valence-corrected chi connectivity index (χ2v) is 17.2. The molecule has 11 rings (SSSR count). The van der Waals surface area contributed by atoms with Gasteiger partial charge in [-0.3, -0.25) is 0 Å². The average Bonchev–Trinajstić information content (AvgIpc) is 3.97. The van der Waals surface area contributed by atoms with E-state index in [0.717, 1.165) is 77.9 Å². The number of methoxy groups -OCH3 is 2. The molecule has 0 fully saturated rings. The van der Waals surface area contributed by atoms with Crippen LogP contribution in [0, 0.1) is 59.2 Å². The molecule has 0 saturated carbocycles. The van der Waals surface area contributed by atoms with Crippen molar-refractivity contribution in [2.24, 2.45) is 0 Å². The third-order valence-corrected chi connectivity index (χ3v) is 13.0. The maximum Gasteiger partial charge on any atom is 0.216 e. The highest BCUT2D eigenvalue weighted by Gasteiger charge is 2.34. The lowest BCUT2D eigenvalue weighted by atomic mass is 9.89. The minimum absolute atomic E-state index is 0.587. The van der Waals surface area contributed by atoms with Gasteiger partial charge in [-0.15, -0.1) is 0 Å². The Hall–Kier alpha value is -9.74. The van der Waals surface area contributed by atoms with E-state index in [1.807, 2.05) is 121 Å². The molecule has 334 valence electrons. The molecule has 8 aromatic rings. The standard InChI is InChI=1S/C70H42O2/c1-71-69(57-27-11-5-12-28-57)47-45-55(67-63-35-19-15-31-59(63)60-32-16-20-36-64(60)67)43-41-53(51-23-7-3-8-24-51)39-40-54(52-25-9-4-10-26-52)42-44-56(46-48-70(72-2,50-49-69)58-29-13-6-14-30-58)68-65-37-21-17-33-61(65)62-34-18-22-38-66(62)68/h3-38H,1-2H3. The molecule has 0 spiro atoms. The molecule has 0 N–H and O–H groups in total. The number of fused-ring (bicyclic) bond motifs is 6. The first kappa shape index (κ1) is 44.7. The van der Waals surface area contributed by atoms with Crippen LogP contribution in [-0.2, 0) is 20.7 Å². The number of ether oxygens (including phenoxy) is 2. The van der Waals surface area contributed by atoms with E-state index in [2.05, 4.69) is 168 Å². The van der Waals surface area contributed by atoms with Gasteiger partial charge in [0.1, 0.15) is 0 Å². The maximum absolute atomic E-state index is 6.57. The summed E-state index contributed by atoms with van der Waals surface area (Å²) in [5, 5.41) is 0. The van der Waals surface area contributed by atoms with Gasteiger partial charge >= 0.3 is 0 Å². The maximum atomic E-state index is 6.57. The monoisotopic (exact) mass is 914 g/mol. The molecule has 2 nitrogen and oxygen atoms in total. The molecule has 0 aromatic heterocycles. The second kappa shape index (κ2) is 19.7. The van der Waals surface area contributed by atoms with E-state index in [1.54, 1.807) is 14.2 Å². The van der Waals surface area contributed by atoms with E-state index < -0.39 is 11.2 Å². The molecule has 0 bridgehead atoms. The summed E-state index contributed by atoms with van der Waals surface area (Å²) in [6.07, 6.45) is 0. The fraction of sp³-hybridized carbons (Fsp3) is 0.0571. The molecule has 0 heterocycles. The van der Waals surface area contributed by atoms with Crippen LogP contribution in [0.1, 0.15) is 44.5 Å². The molecule has 72 heavy (non-hydrogen) atoms. The highest BCUT2D eigenvalue weighted by atomic mass is 16.5. The molecule has 2 unspecified atom stereocenters. The minimum Gasteiger partial charge on any atom is -0.351 e. The Morgan fingerprint density at radius 1 is 0.278 bits per heavy atom. The van der Waals surface area contributed by atoms with Crippen molar-refractivity contribution in [1.82, 2.24) is 0 Å². The van der Waals surface area contributed by atoms with Crippen LogP contribution in [-0.4, -0.2) is 14.2 Å². The van der Waals surface area contributed by atoms with Crippen molar-refractivity contribution in [2.45, 2.75) is 11.2 Å². The first-order chi connectivity index (χ1) is 35.6. The van der Waals surface area contributed by atoms with Crippen molar-refractivity contribution in [3.63, 3.8) is 0 Å². The molecule has 3 aliphatic carbocycles. The summed E-state index contributed by atoms with van der Waals surface area (Å²) in [6, 6.07) is 73.3. The molecule has 0 radical (unpaired) electrons. The minimum atomic E-state index is -1.49. The van der Waals surface area contributed by atoms with E-state index in [0.29, 0.717) is 22.3 Å². The summed E-state index contributed by atoms with van der Waals surface area (Å²) in [7, 11) is 3.27. The number of hydrogen-bond donors (Lipinski definition) is 0. The van der Waals surface area contributed by atoms with Gasteiger partial charge in [-0.2, -0.15) is 0 Å². The van der Waals surface area contributed by atoms with Crippen molar-refractivity contribution in [2.75, 3.05) is 14.2 Å². The quantitative estimate of drug-likeness (QED) is 0.122. The van der Waals surface area contributed by atoms with Gasteiger partial charge in [0.15, 0.2) is 0 Å². The van der Waals surface area contributed by atoms with Crippen LogP contribution in [0.2, 0.25) is 0 Å². The van der Waals surface area contributed by atoms with E-state index in [-0.39, 0.29) is 0 Å². The van der Waals surface area contributed by atoms with Crippen molar-refractivity contribution < 1.29 is 9.47 Å². The Morgan fingerprint density at radius 2 is 0.556 bits per heavy atom. The van der Waals surface area contributed by atoms with Gasteiger partial charge in [-0.05, 0) is 79.3 Å². The van der Waals surface area contributed by atoms with Crippen LogP contribution in [0.25, 0.3) is 44.5 Å². The summed E-state index contributed by atoms with van der Waals surface area (Å²) in [5.41, 5.74) is 20.0. The summed E-state index contributed by atoms with van der Waals surface area (Å²) in [4.78, 5) is 0. The van der Waals surface area contributed by atoms with Gasteiger partial charge in [0, 0.05) is 36.5 Å². The van der Waals surface area contributed by atoms with Crippen LogP contribution in [0.15, 0.2) is 241 Å². The van der Waals surface area contributed by atoms with Crippen LogP contribution in [0.3, 0.4) is 0 Å². The first-order valence-corrected chi connectivity index (χ1v) is 23.7. The van der Waals surface area contributed by atoms with Crippen molar-refractivity contribution >= 4 is 22.3 Å². The predicted octanol–water partition coefficient (Wildman–Crippen LogP) is 14.0. The summed E-state index contributed by atoms with van der Waals surface area (Å²) in [5.74, 6) is 35.7. The number of allylic oxidation sites excluding steroid dienone is 4. The molecule has 0 amide bonds. The van der Waals surface area contributed by atoms with Crippen molar-refractivity contribution in [1.29, 1.82) is 0 Å². The van der Waals surface area contributed by atoms with Gasteiger partial charge in [-0.1, -0.05) is 265 Å². The molecule has 2 heteroatoms. The fourth-order valence-corrected chi connectivity index (χ4v) is 9.43. The highest BCUT2D eigenvalue weighted by molar-refractivity contribution is 6.06. The Labute approximate surface area is 422 Å². The Morgan fingerprint density at radius 3 is 0.861 bits per heavy atom. The molecule has 0 aliphatic heterocycles. The van der Waals surface area contributed by atoms with Gasteiger partial charge in [0.25, 0.3) is 0 Å². The van der Waals surface area contributed by atoms with Crippen LogP contribution < -0.4 is 0 Å². The van der Waals surface area contributed by atoms with Gasteiger partial charge in [0.2, 0.25) is 11.2 Å². The summed E-state index contributed by atoms with van der Waals surface area (Å²) < 4.78 is 13.1. The average molecular weight is 915 g/mol. The Kier molecular flexibility index (Phi) is 12.2. The zero-order valence-corrected chi connectivity index (χ0v) is 39.6. The fourth-order valence-electron chi connectivity index (χ4n) is 9.43. The summed E-state index contributed by atoms with van der Waals surface area (Å²) in [6.45, 7) is 0. The first-order valence-electron chi connectivity index (χ1n) is 23.7. The molecular weight excluding hydrogens is 873 g/mol. The van der Waals surface area contributed by atoms with Crippen molar-refractivity contribution in [3.05, 3.63) is 286 Å². The molecular formula is C70H42O2. The molecule has 2 atom stereocenters. The van der Waals surface area contributed by atoms with E-state index in [9.17, 15) is 0 Å². The van der Waals surface area contributed by atoms with E-state index in [1.165, 1.54) is 0 Å². The van der Waals surface area contributed by atoms with Crippen LogP contribution in [0.5, 0.6) is 0 Å². The highest BCUT2D eigenvalue weighted by Crippen LogP contribution is 2.47. The molecule has 3 aliphatic rings. The third-order valence-electron chi connectivity index (χ3n) is 13.0. The van der Waals surface area contributed by atoms with Gasteiger partial charge in [0.05, 0.1) is 22.3 Å². The second-order valence-electron chi connectivity index (χ2n) is 17.2. The lowest BCUT2D eigenvalue weighted by Gasteiger charge is -2.25. The SMILES string of the molecule is COC1(c2ccccc2)C#CC(=C2c3ccccc3-c3ccccc32)C#CC(c2ccccc2)=C=C=C(c2ccccc2)C#CC(=C2c3ccccc3-c3ccccc32)C#CC(OC)(c2ccccc2)C#C1. The number of rotatable bonds is 6. The Bertz CT molecular complexity index is 3620. The van der Waals surface area contributed by atoms with E-state index >= 15 is 0 Å². The van der Waals surface area contributed by atoms with Gasteiger partial charge < -0.3 is 9.47 Å². The van der Waals surface area contributed by atoms with Crippen LogP contribution >= 0.6 is 0 Å². The predicted molar refractivity (Wildman–Crippen MR) is 292 cm³/mol. The zero-order valence-electron chi connectivity index (χ0n) is 39.6. The smallest absolute Gasteiger partial charge is 0.216 e. The largest absolute Gasteiger partial charge is 0.351 e. The zero-order chi connectivity index (χ0) is 48.7. The van der Waals surface area contributed by atoms with E-state index in [4.69, 9.17) is 9.47 Å². The topological polar surface area (TPSA) is 18.5 Å².